The zero-order valence-corrected chi connectivity index (χ0v) is 16.5. The fraction of sp³-hybridized carbons (Fsp3) is 0. The zero-order chi connectivity index (χ0) is 17.6. The Kier molecular flexibility index (Phi) is 5.65. The summed E-state index contributed by atoms with van der Waals surface area (Å²) in [6.45, 7) is 0. The van der Waals surface area contributed by atoms with Crippen LogP contribution >= 0.6 is 44.3 Å². The molecule has 0 amide bonds. The highest BCUT2D eigenvalue weighted by Crippen LogP contribution is 2.41. The lowest BCUT2D eigenvalue weighted by atomic mass is 10.3. The lowest BCUT2D eigenvalue weighted by Crippen LogP contribution is -1.87. The highest BCUT2D eigenvalue weighted by atomic mass is 33.1. The predicted molar refractivity (Wildman–Crippen MR) is 111 cm³/mol. The molecule has 0 saturated carbocycles. The number of nitrogens with one attached hydrogen (secondary N) is 2. The zero-order valence-electron chi connectivity index (χ0n) is 13.2. The van der Waals surface area contributed by atoms with Crippen molar-refractivity contribution >= 4 is 65.9 Å². The van der Waals surface area contributed by atoms with Gasteiger partial charge in [0.05, 0.1) is 0 Å². The van der Waals surface area contributed by atoms with Crippen molar-refractivity contribution in [1.29, 1.82) is 0 Å². The molecule has 130 valence electrons. The van der Waals surface area contributed by atoms with Crippen LogP contribution in [0.25, 0.3) is 0 Å². The lowest BCUT2D eigenvalue weighted by Gasteiger charge is -1.99. The van der Waals surface area contributed by atoms with Crippen molar-refractivity contribution < 1.29 is 0 Å². The second kappa shape index (κ2) is 8.49. The van der Waals surface area contributed by atoms with E-state index in [0.717, 1.165) is 30.3 Å². The number of rotatable bonds is 7. The van der Waals surface area contributed by atoms with Gasteiger partial charge >= 0.3 is 0 Å². The van der Waals surface area contributed by atoms with Gasteiger partial charge in [0.2, 0.25) is 10.3 Å². The van der Waals surface area contributed by atoms with Gasteiger partial charge in [-0.2, -0.15) is 0 Å². The number of hydrogen-bond acceptors (Lipinski definition) is 10. The Hall–Kier alpha value is -2.14. The number of benzene rings is 2. The molecule has 0 aliphatic carbocycles. The molecule has 0 spiro atoms. The highest BCUT2D eigenvalue weighted by Gasteiger charge is 2.10. The van der Waals surface area contributed by atoms with E-state index in [1.54, 1.807) is 0 Å². The molecule has 2 aromatic carbocycles. The normalized spacial score (nSPS) is 10.6. The fourth-order valence-corrected chi connectivity index (χ4v) is 5.83. The summed E-state index contributed by atoms with van der Waals surface area (Å²) in [5.74, 6) is 0. The molecule has 4 rings (SSSR count). The molecule has 2 heterocycles. The maximum atomic E-state index is 4.19. The summed E-state index contributed by atoms with van der Waals surface area (Å²) in [7, 11) is 3.05. The number of anilines is 4. The third-order valence-electron chi connectivity index (χ3n) is 3.05. The third-order valence-corrected chi connectivity index (χ3v) is 7.68. The molecular formula is C16H12N6S4. The van der Waals surface area contributed by atoms with E-state index in [2.05, 4.69) is 31.0 Å². The summed E-state index contributed by atoms with van der Waals surface area (Å²) in [4.78, 5) is 0. The summed E-state index contributed by atoms with van der Waals surface area (Å²) >= 11 is 3.01. The Balaban J connectivity index is 1.32. The number of aromatic nitrogens is 4. The van der Waals surface area contributed by atoms with E-state index in [0.29, 0.717) is 0 Å². The molecule has 0 atom stereocenters. The molecule has 0 saturated heterocycles. The smallest absolute Gasteiger partial charge is 0.210 e. The van der Waals surface area contributed by atoms with Gasteiger partial charge in [0.15, 0.2) is 8.68 Å². The third kappa shape index (κ3) is 4.73. The molecule has 6 nitrogen and oxygen atoms in total. The van der Waals surface area contributed by atoms with E-state index >= 15 is 0 Å². The van der Waals surface area contributed by atoms with Crippen LogP contribution in [0.3, 0.4) is 0 Å². The second-order valence-electron chi connectivity index (χ2n) is 4.89. The monoisotopic (exact) mass is 416 g/mol. The van der Waals surface area contributed by atoms with Crippen LogP contribution in [0.4, 0.5) is 21.6 Å². The molecule has 2 N–H and O–H groups in total. The predicted octanol–water partition coefficient (Wildman–Crippen LogP) is 5.68. The largest absolute Gasteiger partial charge is 0.330 e. The van der Waals surface area contributed by atoms with E-state index < -0.39 is 0 Å². The summed E-state index contributed by atoms with van der Waals surface area (Å²) in [6.07, 6.45) is 0. The van der Waals surface area contributed by atoms with Crippen LogP contribution in [0.5, 0.6) is 0 Å². The van der Waals surface area contributed by atoms with Crippen molar-refractivity contribution in [3.63, 3.8) is 0 Å². The quantitative estimate of drug-likeness (QED) is 0.373. The molecule has 0 fully saturated rings. The van der Waals surface area contributed by atoms with Gasteiger partial charge in [-0.3, -0.25) is 0 Å². The van der Waals surface area contributed by atoms with Crippen molar-refractivity contribution in [2.75, 3.05) is 10.6 Å². The summed E-state index contributed by atoms with van der Waals surface area (Å²) in [6, 6.07) is 19.8. The molecule has 4 aromatic rings. The molecule has 0 bridgehead atoms. The first-order chi connectivity index (χ1) is 12.8. The Morgan fingerprint density at radius 3 is 1.42 bits per heavy atom. The minimum absolute atomic E-state index is 0.767. The van der Waals surface area contributed by atoms with E-state index in [1.807, 2.05) is 60.7 Å². The van der Waals surface area contributed by atoms with Gasteiger partial charge in [-0.15, -0.1) is 20.4 Å². The topological polar surface area (TPSA) is 75.6 Å². The van der Waals surface area contributed by atoms with Crippen LogP contribution in [0.2, 0.25) is 0 Å². The molecule has 0 aliphatic rings. The van der Waals surface area contributed by atoms with Gasteiger partial charge in [-0.1, -0.05) is 59.1 Å². The van der Waals surface area contributed by atoms with Crippen LogP contribution in [-0.4, -0.2) is 20.4 Å². The molecule has 26 heavy (non-hydrogen) atoms. The summed E-state index contributed by atoms with van der Waals surface area (Å²) in [5.41, 5.74) is 1.99. The Bertz CT molecular complexity index is 877. The van der Waals surface area contributed by atoms with E-state index in [4.69, 9.17) is 0 Å². The first kappa shape index (κ1) is 17.3. The minimum atomic E-state index is 0.767. The molecule has 0 aliphatic heterocycles. The first-order valence-electron chi connectivity index (χ1n) is 7.51. The van der Waals surface area contributed by atoms with Crippen LogP contribution in [0, 0.1) is 0 Å². The standard InChI is InChI=1S/C16H12N6S4/c1-3-7-11(8-4-1)17-13-19-21-15(23-13)25-26-16-22-20-14(24-16)18-12-9-5-2-6-10-12/h1-10H,(H,17,19)(H,18,20). The number of para-hydroxylation sites is 2. The Labute approximate surface area is 165 Å². The van der Waals surface area contributed by atoms with Crippen molar-refractivity contribution in [3.05, 3.63) is 60.7 Å². The molecule has 2 aromatic heterocycles. The molecule has 10 heteroatoms. The molecule has 0 unspecified atom stereocenters. The van der Waals surface area contributed by atoms with Crippen molar-refractivity contribution in [2.45, 2.75) is 8.68 Å². The second-order valence-corrected chi connectivity index (χ2v) is 9.47. The van der Waals surface area contributed by atoms with Crippen molar-refractivity contribution in [1.82, 2.24) is 20.4 Å². The average Bonchev–Trinajstić information content (AvgIpc) is 3.31. The minimum Gasteiger partial charge on any atom is -0.330 e. The van der Waals surface area contributed by atoms with E-state index in [1.165, 1.54) is 44.3 Å². The van der Waals surface area contributed by atoms with Crippen molar-refractivity contribution in [3.8, 4) is 0 Å². The van der Waals surface area contributed by atoms with Gasteiger partial charge in [0.25, 0.3) is 0 Å². The van der Waals surface area contributed by atoms with Gasteiger partial charge in [-0.05, 0) is 45.9 Å². The van der Waals surface area contributed by atoms with E-state index in [-0.39, 0.29) is 0 Å². The van der Waals surface area contributed by atoms with Gasteiger partial charge in [-0.25, -0.2) is 0 Å². The maximum absolute atomic E-state index is 4.19. The van der Waals surface area contributed by atoms with Gasteiger partial charge in [0, 0.05) is 11.4 Å². The van der Waals surface area contributed by atoms with Crippen LogP contribution in [0.1, 0.15) is 0 Å². The number of nitrogens with zero attached hydrogens (tertiary/aromatic N) is 4. The number of hydrogen-bond donors (Lipinski definition) is 2. The highest BCUT2D eigenvalue weighted by molar-refractivity contribution is 8.77. The van der Waals surface area contributed by atoms with Crippen LogP contribution < -0.4 is 10.6 Å². The average molecular weight is 417 g/mol. The van der Waals surface area contributed by atoms with Gasteiger partial charge < -0.3 is 10.6 Å². The lowest BCUT2D eigenvalue weighted by molar-refractivity contribution is 1.01. The molecular weight excluding hydrogens is 404 g/mol. The SMILES string of the molecule is c1ccc(Nc2nnc(SSc3nnc(Nc4ccccc4)s3)s2)cc1. The van der Waals surface area contributed by atoms with E-state index in [9.17, 15) is 0 Å². The molecule has 0 radical (unpaired) electrons. The maximum Gasteiger partial charge on any atom is 0.210 e. The fourth-order valence-electron chi connectivity index (χ4n) is 1.95. The summed E-state index contributed by atoms with van der Waals surface area (Å²) in [5, 5.41) is 24.7. The van der Waals surface area contributed by atoms with Gasteiger partial charge in [0.1, 0.15) is 0 Å². The van der Waals surface area contributed by atoms with Crippen molar-refractivity contribution in [2.24, 2.45) is 0 Å². The summed E-state index contributed by atoms with van der Waals surface area (Å²) < 4.78 is 1.72. The van der Waals surface area contributed by atoms with Crippen LogP contribution in [0.15, 0.2) is 69.3 Å². The Morgan fingerprint density at radius 1 is 0.577 bits per heavy atom. The van der Waals surface area contributed by atoms with Crippen LogP contribution in [-0.2, 0) is 0 Å². The Morgan fingerprint density at radius 2 is 1.00 bits per heavy atom. The first-order valence-corrected chi connectivity index (χ1v) is 11.3.